The molecule has 32 heavy (non-hydrogen) atoms. The van der Waals surface area contributed by atoms with Crippen molar-refractivity contribution in [2.45, 2.75) is 26.2 Å². The molecule has 0 aliphatic heterocycles. The zero-order valence-electron chi connectivity index (χ0n) is 17.9. The molecular weight excluding hydrogens is 412 g/mol. The van der Waals surface area contributed by atoms with Gasteiger partial charge in [-0.2, -0.15) is 15.2 Å². The number of H-pyrrole nitrogens is 1. The number of carbonyl (C=O) groups excluding carboxylic acids is 1. The van der Waals surface area contributed by atoms with Crippen LogP contribution in [0.15, 0.2) is 39.6 Å². The van der Waals surface area contributed by atoms with Crippen LogP contribution in [0.4, 0.5) is 5.82 Å². The van der Waals surface area contributed by atoms with Gasteiger partial charge in [-0.15, -0.1) is 0 Å². The second-order valence-corrected chi connectivity index (χ2v) is 7.38. The quantitative estimate of drug-likeness (QED) is 0.335. The number of benzene rings is 1. The Balaban J connectivity index is 1.19. The first kappa shape index (κ1) is 21.2. The van der Waals surface area contributed by atoms with E-state index < -0.39 is 0 Å². The third-order valence-corrected chi connectivity index (χ3v) is 4.93. The zero-order chi connectivity index (χ0) is 22.5. The number of hydrogen-bond donors (Lipinski definition) is 3. The molecule has 166 valence electrons. The van der Waals surface area contributed by atoms with Crippen molar-refractivity contribution < 1.29 is 9.32 Å². The number of carbonyl (C=O) groups is 1. The third kappa shape index (κ3) is 4.82. The van der Waals surface area contributed by atoms with Crippen molar-refractivity contribution in [3.05, 3.63) is 52.3 Å². The smallest absolute Gasteiger partial charge is 0.272 e. The average Bonchev–Trinajstić information content (AvgIpc) is 3.39. The molecule has 0 spiro atoms. The molecule has 4 aromatic rings. The number of amides is 1. The molecule has 0 fully saturated rings. The molecule has 3 aromatic heterocycles. The topological polar surface area (TPSA) is 144 Å². The van der Waals surface area contributed by atoms with Crippen molar-refractivity contribution in [3.63, 3.8) is 0 Å². The number of nitrogens with one attached hydrogen (secondary N) is 3. The summed E-state index contributed by atoms with van der Waals surface area (Å²) in [5, 5.41) is 22.2. The van der Waals surface area contributed by atoms with Crippen LogP contribution in [-0.2, 0) is 18.3 Å². The van der Waals surface area contributed by atoms with E-state index in [0.717, 1.165) is 16.8 Å². The molecule has 1 aromatic carbocycles. The summed E-state index contributed by atoms with van der Waals surface area (Å²) < 4.78 is 6.94. The number of aromatic amines is 1. The van der Waals surface area contributed by atoms with Crippen LogP contribution in [0.5, 0.6) is 0 Å². The predicted octanol–water partition coefficient (Wildman–Crippen LogP) is 1.57. The van der Waals surface area contributed by atoms with Gasteiger partial charge in [-0.1, -0.05) is 23.4 Å². The zero-order valence-corrected chi connectivity index (χ0v) is 17.9. The maximum Gasteiger partial charge on any atom is 0.272 e. The molecule has 0 aliphatic carbocycles. The van der Waals surface area contributed by atoms with Crippen molar-refractivity contribution >= 4 is 22.5 Å². The Labute approximate surface area is 183 Å². The Morgan fingerprint density at radius 3 is 2.81 bits per heavy atom. The highest BCUT2D eigenvalue weighted by molar-refractivity contribution is 5.90. The van der Waals surface area contributed by atoms with Crippen LogP contribution >= 0.6 is 0 Å². The molecule has 0 radical (unpaired) electrons. The van der Waals surface area contributed by atoms with Gasteiger partial charge in [-0.05, 0) is 25.5 Å². The van der Waals surface area contributed by atoms with Crippen LogP contribution in [0.2, 0.25) is 0 Å². The molecule has 0 atom stereocenters. The molecule has 0 saturated heterocycles. The van der Waals surface area contributed by atoms with Gasteiger partial charge >= 0.3 is 0 Å². The molecule has 11 nitrogen and oxygen atoms in total. The standard InChI is InChI=1S/C21H24N8O3/c1-13-12-16(29(2)27-13)20-24-18(32-28-20)9-8-17(30)22-10-5-11-23-19-14-6-3-4-7-15(14)21(31)26-25-19/h3-4,6-7,12H,5,8-11H2,1-2H3,(H,22,30)(H,23,25)(H,26,31). The Morgan fingerprint density at radius 1 is 1.22 bits per heavy atom. The lowest BCUT2D eigenvalue weighted by Crippen LogP contribution is -2.26. The minimum atomic E-state index is -0.220. The number of fused-ring (bicyclic) bond motifs is 1. The molecule has 0 unspecified atom stereocenters. The van der Waals surface area contributed by atoms with Crippen LogP contribution in [0.3, 0.4) is 0 Å². The summed E-state index contributed by atoms with van der Waals surface area (Å²) in [6.45, 7) is 3.00. The van der Waals surface area contributed by atoms with E-state index in [4.69, 9.17) is 4.52 Å². The minimum Gasteiger partial charge on any atom is -0.368 e. The fraction of sp³-hybridized carbons (Fsp3) is 0.333. The first-order valence-electron chi connectivity index (χ1n) is 10.3. The summed E-state index contributed by atoms with van der Waals surface area (Å²) in [6, 6.07) is 9.15. The maximum absolute atomic E-state index is 12.1. The van der Waals surface area contributed by atoms with Gasteiger partial charge in [-0.25, -0.2) is 5.10 Å². The molecular formula is C21H24N8O3. The van der Waals surface area contributed by atoms with Crippen molar-refractivity contribution in [1.82, 2.24) is 35.4 Å². The molecule has 0 aliphatic rings. The van der Waals surface area contributed by atoms with Crippen LogP contribution in [-0.4, -0.2) is 49.1 Å². The lowest BCUT2D eigenvalue weighted by molar-refractivity contribution is -0.121. The van der Waals surface area contributed by atoms with Crippen molar-refractivity contribution in [3.8, 4) is 11.5 Å². The van der Waals surface area contributed by atoms with Crippen molar-refractivity contribution in [2.24, 2.45) is 7.05 Å². The first-order chi connectivity index (χ1) is 15.5. The highest BCUT2D eigenvalue weighted by Crippen LogP contribution is 2.17. The van der Waals surface area contributed by atoms with Crippen molar-refractivity contribution in [1.29, 1.82) is 0 Å². The van der Waals surface area contributed by atoms with Gasteiger partial charge in [0, 0.05) is 38.4 Å². The number of nitrogens with zero attached hydrogens (tertiary/aromatic N) is 5. The van der Waals surface area contributed by atoms with E-state index in [0.29, 0.717) is 48.9 Å². The SMILES string of the molecule is Cc1cc(-c2noc(CCC(=O)NCCCNc3n[nH]c(=O)c4ccccc34)n2)n(C)n1. The summed E-state index contributed by atoms with van der Waals surface area (Å²) in [5.74, 6) is 1.39. The van der Waals surface area contributed by atoms with E-state index in [1.807, 2.05) is 38.2 Å². The Kier molecular flexibility index (Phi) is 6.24. The summed E-state index contributed by atoms with van der Waals surface area (Å²) in [6.07, 6.45) is 1.32. The van der Waals surface area contributed by atoms with Gasteiger partial charge in [0.05, 0.1) is 11.1 Å². The van der Waals surface area contributed by atoms with E-state index in [9.17, 15) is 9.59 Å². The molecule has 4 rings (SSSR count). The summed E-state index contributed by atoms with van der Waals surface area (Å²) in [5.41, 5.74) is 1.41. The Morgan fingerprint density at radius 2 is 2.03 bits per heavy atom. The molecule has 3 N–H and O–H groups in total. The predicted molar refractivity (Wildman–Crippen MR) is 118 cm³/mol. The van der Waals surface area contributed by atoms with Gasteiger partial charge in [0.2, 0.25) is 17.6 Å². The number of anilines is 1. The molecule has 0 bridgehead atoms. The largest absolute Gasteiger partial charge is 0.368 e. The Hall–Kier alpha value is -4.02. The number of rotatable bonds is 9. The normalized spacial score (nSPS) is 11.1. The van der Waals surface area contributed by atoms with Gasteiger partial charge in [0.15, 0.2) is 5.82 Å². The van der Waals surface area contributed by atoms with Crippen LogP contribution in [0.25, 0.3) is 22.3 Å². The van der Waals surface area contributed by atoms with E-state index >= 15 is 0 Å². The number of aryl methyl sites for hydroxylation is 3. The number of hydrogen-bond acceptors (Lipinski definition) is 8. The Bertz CT molecular complexity index is 1290. The maximum atomic E-state index is 12.1. The van der Waals surface area contributed by atoms with Gasteiger partial charge in [-0.3, -0.25) is 14.3 Å². The van der Waals surface area contributed by atoms with E-state index in [1.54, 1.807) is 10.7 Å². The van der Waals surface area contributed by atoms with Gasteiger partial charge in [0.1, 0.15) is 5.69 Å². The molecule has 0 saturated carbocycles. The van der Waals surface area contributed by atoms with Crippen LogP contribution in [0.1, 0.15) is 24.4 Å². The lowest BCUT2D eigenvalue weighted by atomic mass is 10.2. The van der Waals surface area contributed by atoms with E-state index in [-0.39, 0.29) is 17.9 Å². The monoisotopic (exact) mass is 436 g/mol. The third-order valence-electron chi connectivity index (χ3n) is 4.93. The summed E-state index contributed by atoms with van der Waals surface area (Å²) in [4.78, 5) is 28.3. The van der Waals surface area contributed by atoms with Gasteiger partial charge < -0.3 is 15.2 Å². The van der Waals surface area contributed by atoms with E-state index in [2.05, 4.69) is 36.1 Å². The second kappa shape index (κ2) is 9.41. The fourth-order valence-electron chi connectivity index (χ4n) is 3.36. The lowest BCUT2D eigenvalue weighted by Gasteiger charge is -2.08. The van der Waals surface area contributed by atoms with Crippen molar-refractivity contribution in [2.75, 3.05) is 18.4 Å². The minimum absolute atomic E-state index is 0.0891. The highest BCUT2D eigenvalue weighted by Gasteiger charge is 2.14. The molecule has 1 amide bonds. The van der Waals surface area contributed by atoms with Gasteiger partial charge in [0.25, 0.3) is 5.56 Å². The summed E-state index contributed by atoms with van der Waals surface area (Å²) in [7, 11) is 1.82. The fourth-order valence-corrected chi connectivity index (χ4v) is 3.36. The second-order valence-electron chi connectivity index (χ2n) is 7.38. The van der Waals surface area contributed by atoms with Crippen LogP contribution in [0, 0.1) is 6.92 Å². The average molecular weight is 436 g/mol. The molecule has 3 heterocycles. The highest BCUT2D eigenvalue weighted by atomic mass is 16.5. The first-order valence-corrected chi connectivity index (χ1v) is 10.3. The van der Waals surface area contributed by atoms with Crippen LogP contribution < -0.4 is 16.2 Å². The molecule has 11 heteroatoms. The van der Waals surface area contributed by atoms with E-state index in [1.165, 1.54) is 0 Å². The summed E-state index contributed by atoms with van der Waals surface area (Å²) >= 11 is 0. The number of aromatic nitrogens is 6.